The maximum atomic E-state index is 13.2. The Morgan fingerprint density at radius 1 is 0.964 bits per heavy atom. The van der Waals surface area contributed by atoms with Crippen molar-refractivity contribution in [3.63, 3.8) is 0 Å². The van der Waals surface area contributed by atoms with Gasteiger partial charge in [-0.1, -0.05) is 29.8 Å². The first-order valence-corrected chi connectivity index (χ1v) is 9.60. The molecule has 1 aliphatic heterocycles. The van der Waals surface area contributed by atoms with E-state index in [1.54, 1.807) is 0 Å². The number of aromatic nitrogens is 2. The number of hydrogen-bond acceptors (Lipinski definition) is 5. The third-order valence-electron chi connectivity index (χ3n) is 5.20. The number of carbonyl (C=O) groups excluding carboxylic acids is 1. The minimum Gasteiger partial charge on any atom is -0.352 e. The summed E-state index contributed by atoms with van der Waals surface area (Å²) in [6.45, 7) is 7.56. The molecule has 6 heteroatoms. The number of benzene rings is 2. The van der Waals surface area contributed by atoms with Crippen LogP contribution < -0.4 is 10.2 Å². The monoisotopic (exact) mass is 375 g/mol. The number of rotatable bonds is 3. The molecule has 1 fully saturated rings. The van der Waals surface area contributed by atoms with Crippen LogP contribution in [0.2, 0.25) is 0 Å². The minimum absolute atomic E-state index is 0.223. The highest BCUT2D eigenvalue weighted by molar-refractivity contribution is 6.07. The summed E-state index contributed by atoms with van der Waals surface area (Å²) in [4.78, 5) is 27.1. The molecule has 3 aromatic rings. The van der Waals surface area contributed by atoms with E-state index in [-0.39, 0.29) is 5.91 Å². The van der Waals surface area contributed by atoms with Crippen molar-refractivity contribution in [3.05, 3.63) is 59.3 Å². The third-order valence-corrected chi connectivity index (χ3v) is 5.20. The predicted molar refractivity (Wildman–Crippen MR) is 113 cm³/mol. The van der Waals surface area contributed by atoms with E-state index in [9.17, 15) is 4.79 Å². The summed E-state index contributed by atoms with van der Waals surface area (Å²) in [5, 5.41) is 3.03. The van der Waals surface area contributed by atoms with E-state index in [0.717, 1.165) is 48.5 Å². The molecule has 1 saturated heterocycles. The highest BCUT2D eigenvalue weighted by Crippen LogP contribution is 2.24. The Morgan fingerprint density at radius 3 is 2.32 bits per heavy atom. The Morgan fingerprint density at radius 2 is 1.64 bits per heavy atom. The van der Waals surface area contributed by atoms with E-state index in [1.807, 2.05) is 50.2 Å². The van der Waals surface area contributed by atoms with Gasteiger partial charge in [0, 0.05) is 31.9 Å². The van der Waals surface area contributed by atoms with Crippen LogP contribution in [-0.2, 0) is 0 Å². The normalized spacial score (nSPS) is 15.0. The number of carbonyl (C=O) groups is 1. The Kier molecular flexibility index (Phi) is 4.96. The quantitative estimate of drug-likeness (QED) is 0.761. The van der Waals surface area contributed by atoms with Crippen LogP contribution in [0.1, 0.15) is 21.6 Å². The molecule has 2 aromatic carbocycles. The summed E-state index contributed by atoms with van der Waals surface area (Å²) in [6, 6.07) is 13.7. The van der Waals surface area contributed by atoms with Gasteiger partial charge in [0.2, 0.25) is 0 Å². The van der Waals surface area contributed by atoms with E-state index in [2.05, 4.69) is 33.2 Å². The SMILES string of the molecule is Cc1ccc(NC(=O)c2nc3ccccc3nc2N2CCN(C)CC2)c(C)c1. The van der Waals surface area contributed by atoms with Crippen molar-refractivity contribution in [1.29, 1.82) is 0 Å². The average Bonchev–Trinajstić information content (AvgIpc) is 2.69. The lowest BCUT2D eigenvalue weighted by atomic mass is 10.1. The number of nitrogens with one attached hydrogen (secondary N) is 1. The molecule has 1 aliphatic rings. The van der Waals surface area contributed by atoms with Gasteiger partial charge >= 0.3 is 0 Å². The van der Waals surface area contributed by atoms with E-state index in [0.29, 0.717) is 11.5 Å². The molecular formula is C22H25N5O. The largest absolute Gasteiger partial charge is 0.352 e. The molecule has 144 valence electrons. The molecule has 0 unspecified atom stereocenters. The molecule has 6 nitrogen and oxygen atoms in total. The topological polar surface area (TPSA) is 61.4 Å². The van der Waals surface area contributed by atoms with Crippen LogP contribution in [0.4, 0.5) is 11.5 Å². The lowest BCUT2D eigenvalue weighted by molar-refractivity contribution is 0.102. The summed E-state index contributed by atoms with van der Waals surface area (Å²) in [7, 11) is 2.11. The van der Waals surface area contributed by atoms with Gasteiger partial charge in [-0.15, -0.1) is 0 Å². The summed E-state index contributed by atoms with van der Waals surface area (Å²) in [6.07, 6.45) is 0. The molecule has 0 bridgehead atoms. The van der Waals surface area contributed by atoms with Gasteiger partial charge in [-0.3, -0.25) is 4.79 Å². The zero-order valence-electron chi connectivity index (χ0n) is 16.6. The third kappa shape index (κ3) is 3.68. The molecule has 1 aromatic heterocycles. The standard InChI is InChI=1S/C22H25N5O/c1-15-8-9-17(16(2)14-15)25-22(28)20-21(27-12-10-26(3)11-13-27)24-19-7-5-4-6-18(19)23-20/h4-9,14H,10-13H2,1-3H3,(H,25,28). The number of amides is 1. The second-order valence-electron chi connectivity index (χ2n) is 7.45. The zero-order chi connectivity index (χ0) is 19.7. The van der Waals surface area contributed by atoms with E-state index < -0.39 is 0 Å². The van der Waals surface area contributed by atoms with Crippen molar-refractivity contribution < 1.29 is 4.79 Å². The van der Waals surface area contributed by atoms with Crippen LogP contribution in [0.3, 0.4) is 0 Å². The van der Waals surface area contributed by atoms with Crippen LogP contribution in [0, 0.1) is 13.8 Å². The number of likely N-dealkylation sites (N-methyl/N-ethyl adjacent to an activating group) is 1. The second kappa shape index (κ2) is 7.56. The molecule has 1 amide bonds. The molecule has 2 heterocycles. The van der Waals surface area contributed by atoms with E-state index >= 15 is 0 Å². The number of aryl methyl sites for hydroxylation is 2. The molecule has 0 saturated carbocycles. The van der Waals surface area contributed by atoms with Crippen molar-refractivity contribution in [2.45, 2.75) is 13.8 Å². The minimum atomic E-state index is -0.223. The lowest BCUT2D eigenvalue weighted by Gasteiger charge is -2.33. The van der Waals surface area contributed by atoms with E-state index in [4.69, 9.17) is 4.98 Å². The van der Waals surface area contributed by atoms with Crippen molar-refractivity contribution in [3.8, 4) is 0 Å². The van der Waals surface area contributed by atoms with Gasteiger partial charge in [-0.05, 0) is 44.7 Å². The summed E-state index contributed by atoms with van der Waals surface area (Å²) < 4.78 is 0. The molecule has 1 N–H and O–H groups in total. The Bertz CT molecular complexity index is 1020. The Hall–Kier alpha value is -2.99. The van der Waals surface area contributed by atoms with Crippen LogP contribution >= 0.6 is 0 Å². The van der Waals surface area contributed by atoms with Crippen molar-refractivity contribution in [2.75, 3.05) is 43.4 Å². The van der Waals surface area contributed by atoms with Gasteiger partial charge < -0.3 is 15.1 Å². The number of anilines is 2. The molecule has 0 spiro atoms. The van der Waals surface area contributed by atoms with Gasteiger partial charge in [-0.2, -0.15) is 0 Å². The summed E-state index contributed by atoms with van der Waals surface area (Å²) >= 11 is 0. The smallest absolute Gasteiger partial charge is 0.278 e. The number of para-hydroxylation sites is 2. The first-order chi connectivity index (χ1) is 13.5. The number of nitrogens with zero attached hydrogens (tertiary/aromatic N) is 4. The van der Waals surface area contributed by atoms with Gasteiger partial charge in [0.1, 0.15) is 0 Å². The van der Waals surface area contributed by atoms with Crippen LogP contribution in [0.15, 0.2) is 42.5 Å². The fourth-order valence-corrected chi connectivity index (χ4v) is 3.52. The Balaban J connectivity index is 1.73. The molecule has 0 radical (unpaired) electrons. The molecule has 28 heavy (non-hydrogen) atoms. The number of fused-ring (bicyclic) bond motifs is 1. The maximum Gasteiger partial charge on any atom is 0.278 e. The fourth-order valence-electron chi connectivity index (χ4n) is 3.52. The lowest BCUT2D eigenvalue weighted by Crippen LogP contribution is -2.45. The average molecular weight is 375 g/mol. The van der Waals surface area contributed by atoms with Crippen molar-refractivity contribution >= 4 is 28.4 Å². The number of hydrogen-bond donors (Lipinski definition) is 1. The molecule has 0 atom stereocenters. The van der Waals surface area contributed by atoms with Gasteiger partial charge in [-0.25, -0.2) is 9.97 Å². The van der Waals surface area contributed by atoms with Gasteiger partial charge in [0.05, 0.1) is 11.0 Å². The Labute approximate surface area is 165 Å². The second-order valence-corrected chi connectivity index (χ2v) is 7.45. The van der Waals surface area contributed by atoms with Gasteiger partial charge in [0.15, 0.2) is 11.5 Å². The van der Waals surface area contributed by atoms with Crippen molar-refractivity contribution in [2.24, 2.45) is 0 Å². The molecule has 0 aliphatic carbocycles. The predicted octanol–water partition coefficient (Wildman–Crippen LogP) is 3.25. The fraction of sp³-hybridized carbons (Fsp3) is 0.318. The maximum absolute atomic E-state index is 13.2. The zero-order valence-corrected chi connectivity index (χ0v) is 16.6. The highest BCUT2D eigenvalue weighted by atomic mass is 16.1. The summed E-state index contributed by atoms with van der Waals surface area (Å²) in [5.74, 6) is 0.438. The summed E-state index contributed by atoms with van der Waals surface area (Å²) in [5.41, 5.74) is 4.91. The van der Waals surface area contributed by atoms with Crippen LogP contribution in [0.25, 0.3) is 11.0 Å². The number of piperazine rings is 1. The molecule has 4 rings (SSSR count). The molecular weight excluding hydrogens is 350 g/mol. The van der Waals surface area contributed by atoms with Gasteiger partial charge in [0.25, 0.3) is 5.91 Å². The van der Waals surface area contributed by atoms with E-state index in [1.165, 1.54) is 5.56 Å². The van der Waals surface area contributed by atoms with Crippen LogP contribution in [0.5, 0.6) is 0 Å². The first kappa shape index (κ1) is 18.4. The first-order valence-electron chi connectivity index (χ1n) is 9.60. The highest BCUT2D eigenvalue weighted by Gasteiger charge is 2.24. The van der Waals surface area contributed by atoms with Crippen molar-refractivity contribution in [1.82, 2.24) is 14.9 Å². The van der Waals surface area contributed by atoms with Crippen LogP contribution in [-0.4, -0.2) is 54.0 Å².